The van der Waals surface area contributed by atoms with Crippen molar-refractivity contribution in [2.45, 2.75) is 23.5 Å². The number of hydrogen-bond acceptors (Lipinski definition) is 8. The second-order valence-corrected chi connectivity index (χ2v) is 12.6. The molecule has 0 amide bonds. The van der Waals surface area contributed by atoms with Gasteiger partial charge in [-0.25, -0.2) is 27.2 Å². The Morgan fingerprint density at radius 3 is 1.94 bits per heavy atom. The van der Waals surface area contributed by atoms with Gasteiger partial charge in [0.25, 0.3) is 16.3 Å². The molecule has 1 aliphatic heterocycles. The van der Waals surface area contributed by atoms with Crippen LogP contribution in [-0.4, -0.2) is 45.0 Å². The van der Waals surface area contributed by atoms with Crippen LogP contribution in [0.5, 0.6) is 11.5 Å². The first-order valence-electron chi connectivity index (χ1n) is 14.7. The summed E-state index contributed by atoms with van der Waals surface area (Å²) in [5, 5.41) is -0.00297. The summed E-state index contributed by atoms with van der Waals surface area (Å²) in [5.41, 5.74) is -3.75. The molecule has 18 heteroatoms. The Morgan fingerprint density at radius 2 is 1.40 bits per heavy atom. The predicted molar refractivity (Wildman–Crippen MR) is 168 cm³/mol. The second-order valence-electron chi connectivity index (χ2n) is 10.9. The first-order valence-corrected chi connectivity index (χ1v) is 16.2. The maximum absolute atomic E-state index is 14.8. The lowest BCUT2D eigenvalue weighted by Gasteiger charge is -2.29. The Morgan fingerprint density at radius 1 is 0.788 bits per heavy atom. The van der Waals surface area contributed by atoms with Crippen LogP contribution in [0, 0.1) is 11.6 Å². The molecule has 52 heavy (non-hydrogen) atoms. The van der Waals surface area contributed by atoms with Crippen molar-refractivity contribution in [2.75, 3.05) is 14.2 Å². The van der Waals surface area contributed by atoms with Gasteiger partial charge >= 0.3 is 12.4 Å². The molecule has 1 atom stereocenters. The molecule has 5 aromatic rings. The van der Waals surface area contributed by atoms with Crippen LogP contribution in [0.4, 0.5) is 35.1 Å². The minimum Gasteiger partial charge on any atom is -0.494 e. The fourth-order valence-electron chi connectivity index (χ4n) is 5.44. The van der Waals surface area contributed by atoms with E-state index in [1.165, 1.54) is 36.4 Å². The third kappa shape index (κ3) is 6.85. The molecule has 1 aliphatic rings. The SMILES string of the molecule is COc1ccc(C2=C(c3ccccc3)N(NS(=O)(=O)c3cc(-c4ccc(OC)c(F)c4)c(-c4ncco4)cc3C(F)(F)F)C(C(F)(F)F)O2)cc1F. The topological polar surface area (TPSA) is 103 Å². The van der Waals surface area contributed by atoms with E-state index in [2.05, 4.69) is 4.98 Å². The van der Waals surface area contributed by atoms with Crippen LogP contribution in [-0.2, 0) is 20.9 Å². The Balaban J connectivity index is 1.58. The molecule has 0 radical (unpaired) electrons. The lowest BCUT2D eigenvalue weighted by Crippen LogP contribution is -2.51. The van der Waals surface area contributed by atoms with E-state index < -0.39 is 73.6 Å². The molecule has 0 fully saturated rings. The van der Waals surface area contributed by atoms with Crippen LogP contribution in [0.1, 0.15) is 16.7 Å². The number of hydrogen-bond donors (Lipinski definition) is 1. The number of benzene rings is 4. The largest absolute Gasteiger partial charge is 0.494 e. The third-order valence-corrected chi connectivity index (χ3v) is 9.07. The monoisotopic (exact) mass is 753 g/mol. The third-order valence-electron chi connectivity index (χ3n) is 7.72. The van der Waals surface area contributed by atoms with E-state index in [0.717, 1.165) is 57.0 Å². The van der Waals surface area contributed by atoms with Crippen LogP contribution in [0.25, 0.3) is 34.0 Å². The Bertz CT molecular complexity index is 2260. The van der Waals surface area contributed by atoms with Crippen LogP contribution in [0.2, 0.25) is 0 Å². The van der Waals surface area contributed by atoms with Gasteiger partial charge in [-0.3, -0.25) is 0 Å². The summed E-state index contributed by atoms with van der Waals surface area (Å²) in [7, 11) is -3.36. The summed E-state index contributed by atoms with van der Waals surface area (Å²) in [5.74, 6) is -3.57. The smallest absolute Gasteiger partial charge is 0.446 e. The quantitative estimate of drug-likeness (QED) is 0.150. The number of rotatable bonds is 9. The molecule has 272 valence electrons. The van der Waals surface area contributed by atoms with Crippen LogP contribution < -0.4 is 14.3 Å². The van der Waals surface area contributed by atoms with Gasteiger partial charge < -0.3 is 18.6 Å². The van der Waals surface area contributed by atoms with Gasteiger partial charge in [0.2, 0.25) is 5.89 Å². The average Bonchev–Trinajstić information content (AvgIpc) is 3.76. The van der Waals surface area contributed by atoms with Crippen LogP contribution >= 0.6 is 0 Å². The zero-order chi connectivity index (χ0) is 37.6. The summed E-state index contributed by atoms with van der Waals surface area (Å²) in [4.78, 5) is 3.95. The number of aromatic nitrogens is 1. The van der Waals surface area contributed by atoms with Gasteiger partial charge in [0.1, 0.15) is 12.0 Å². The number of sulfonamides is 1. The van der Waals surface area contributed by atoms with Crippen molar-refractivity contribution < 1.29 is 62.2 Å². The summed E-state index contributed by atoms with van der Waals surface area (Å²) in [6.45, 7) is 0. The Labute approximate surface area is 289 Å². The van der Waals surface area contributed by atoms with Crippen LogP contribution in [0.3, 0.4) is 0 Å². The molecule has 4 aromatic carbocycles. The van der Waals surface area contributed by atoms with E-state index in [0.29, 0.717) is 12.1 Å². The first-order chi connectivity index (χ1) is 24.5. The van der Waals surface area contributed by atoms with Gasteiger partial charge in [-0.05, 0) is 53.6 Å². The molecule has 0 saturated carbocycles. The first kappa shape index (κ1) is 36.2. The summed E-state index contributed by atoms with van der Waals surface area (Å²) in [6, 6.07) is 13.9. The van der Waals surface area contributed by atoms with E-state index in [-0.39, 0.29) is 38.8 Å². The molecular weight excluding hydrogens is 730 g/mol. The minimum atomic E-state index is -5.68. The molecule has 1 N–H and O–H groups in total. The maximum Gasteiger partial charge on any atom is 0.446 e. The molecule has 0 spiro atoms. The highest BCUT2D eigenvalue weighted by atomic mass is 32.2. The zero-order valence-corrected chi connectivity index (χ0v) is 27.3. The van der Waals surface area contributed by atoms with Gasteiger partial charge in [0.05, 0.1) is 30.9 Å². The molecular formula is C34H23F8N3O6S. The molecule has 6 rings (SSSR count). The molecule has 1 aromatic heterocycles. The molecule has 9 nitrogen and oxygen atoms in total. The number of methoxy groups -OCH3 is 2. The summed E-state index contributed by atoms with van der Waals surface area (Å²) < 4.78 is 166. The van der Waals surface area contributed by atoms with Gasteiger partial charge in [0.15, 0.2) is 28.9 Å². The zero-order valence-electron chi connectivity index (χ0n) is 26.5. The maximum atomic E-state index is 14.8. The number of alkyl halides is 6. The lowest BCUT2D eigenvalue weighted by molar-refractivity contribution is -0.233. The van der Waals surface area contributed by atoms with E-state index >= 15 is 0 Å². The lowest BCUT2D eigenvalue weighted by atomic mass is 9.96. The molecule has 0 aliphatic carbocycles. The number of oxazole rings is 1. The van der Waals surface area contributed by atoms with Crippen molar-refractivity contribution >= 4 is 21.5 Å². The highest BCUT2D eigenvalue weighted by Crippen LogP contribution is 2.46. The van der Waals surface area contributed by atoms with Gasteiger partial charge in [-0.2, -0.15) is 26.3 Å². The van der Waals surface area contributed by atoms with Crippen molar-refractivity contribution in [3.05, 3.63) is 120 Å². The average molecular weight is 754 g/mol. The highest BCUT2D eigenvalue weighted by molar-refractivity contribution is 7.89. The van der Waals surface area contributed by atoms with Crippen molar-refractivity contribution in [3.8, 4) is 34.1 Å². The van der Waals surface area contributed by atoms with Gasteiger partial charge in [-0.15, -0.1) is 4.83 Å². The van der Waals surface area contributed by atoms with Crippen molar-refractivity contribution in [1.82, 2.24) is 14.8 Å². The number of nitrogens with one attached hydrogen (secondary N) is 1. The standard InChI is InChI=1S/C34H23F8N3O6S/c1-48-26-10-8-19(14-24(26)35)21-17-28(23(33(37,38)39)16-22(21)31-43-12-13-50-31)52(46,47)44-45-29(18-6-4-3-5-7-18)30(51-32(45)34(40,41)42)20-9-11-27(49-2)25(36)15-20/h3-17,32,44H,1-2H3. The van der Waals surface area contributed by atoms with E-state index in [1.54, 1.807) is 4.83 Å². The van der Waals surface area contributed by atoms with E-state index in [4.69, 9.17) is 18.6 Å². The Hall–Kier alpha value is -5.62. The van der Waals surface area contributed by atoms with Crippen molar-refractivity contribution in [3.63, 3.8) is 0 Å². The van der Waals surface area contributed by atoms with E-state index in [1.807, 2.05) is 0 Å². The molecule has 0 bridgehead atoms. The van der Waals surface area contributed by atoms with E-state index in [9.17, 15) is 43.5 Å². The van der Waals surface area contributed by atoms with Crippen molar-refractivity contribution in [1.29, 1.82) is 0 Å². The van der Waals surface area contributed by atoms with Crippen molar-refractivity contribution in [2.24, 2.45) is 0 Å². The number of halogens is 8. The summed E-state index contributed by atoms with van der Waals surface area (Å²) >= 11 is 0. The number of nitrogens with zero attached hydrogens (tertiary/aromatic N) is 2. The fraction of sp³-hybridized carbons (Fsp3) is 0.147. The second kappa shape index (κ2) is 13.5. The molecule has 1 unspecified atom stereocenters. The highest BCUT2D eigenvalue weighted by Gasteiger charge is 2.54. The van der Waals surface area contributed by atoms with Gasteiger partial charge in [0, 0.05) is 16.7 Å². The normalized spacial score (nSPS) is 15.2. The number of ether oxygens (including phenoxy) is 3. The van der Waals surface area contributed by atoms with Gasteiger partial charge in [-0.1, -0.05) is 36.4 Å². The minimum absolute atomic E-state index is 0.00297. The summed E-state index contributed by atoms with van der Waals surface area (Å²) in [6.07, 6.45) is -11.8. The fourth-order valence-corrected chi connectivity index (χ4v) is 6.72. The predicted octanol–water partition coefficient (Wildman–Crippen LogP) is 8.26. The molecule has 0 saturated heterocycles. The Kier molecular flexibility index (Phi) is 9.39. The molecule has 2 heterocycles. The number of hydrazine groups is 1. The van der Waals surface area contributed by atoms with Crippen LogP contribution in [0.15, 0.2) is 101 Å².